The van der Waals surface area contributed by atoms with Gasteiger partial charge in [0.15, 0.2) is 0 Å². The molecular formula is C88H118N4O4. The third kappa shape index (κ3) is 32.5. The molecule has 6 aromatic rings. The van der Waals surface area contributed by atoms with Crippen molar-refractivity contribution in [2.75, 3.05) is 26.4 Å². The number of pyridine rings is 4. The summed E-state index contributed by atoms with van der Waals surface area (Å²) in [5.41, 5.74) is 8.42. The van der Waals surface area contributed by atoms with Gasteiger partial charge in [0.1, 0.15) is 23.0 Å². The van der Waals surface area contributed by atoms with Crippen molar-refractivity contribution in [2.45, 2.75) is 285 Å². The highest BCUT2D eigenvalue weighted by Crippen LogP contribution is 2.32. The zero-order chi connectivity index (χ0) is 67.4. The number of rotatable bonds is 50. The van der Waals surface area contributed by atoms with E-state index in [1.54, 1.807) is 12.4 Å². The van der Waals surface area contributed by atoms with Gasteiger partial charge in [0, 0.05) is 65.7 Å². The SMILES string of the molecule is C#Cc1cc(OCCCCCCCCCCCC)c(C#Cc2ccc(-c3ccc(C#Cc4cc(OCCCCCCCCCCCC)c(C#Cc5ccc(-c6ccccn6)nc5)cc4OCCCCCCCCCCCC)cn3)nc2)cc1OCCCCCCCCCCCC. The van der Waals surface area contributed by atoms with Crippen LogP contribution in [0.25, 0.3) is 22.8 Å². The van der Waals surface area contributed by atoms with Crippen LogP contribution in [0, 0.1) is 47.9 Å². The zero-order valence-electron chi connectivity index (χ0n) is 59.9. The summed E-state index contributed by atoms with van der Waals surface area (Å²) < 4.78 is 26.1. The molecule has 8 heteroatoms. The maximum atomic E-state index is 6.66. The molecule has 0 amide bonds. The van der Waals surface area contributed by atoms with Gasteiger partial charge in [0.2, 0.25) is 0 Å². The number of ether oxygens (including phenoxy) is 4. The number of aromatic nitrogens is 4. The lowest BCUT2D eigenvalue weighted by molar-refractivity contribution is 0.295. The highest BCUT2D eigenvalue weighted by Gasteiger charge is 2.14. The van der Waals surface area contributed by atoms with Crippen LogP contribution in [0.5, 0.6) is 23.0 Å². The topological polar surface area (TPSA) is 88.5 Å². The van der Waals surface area contributed by atoms with Crippen molar-refractivity contribution >= 4 is 0 Å². The second-order valence-corrected chi connectivity index (χ2v) is 26.2. The Morgan fingerprint density at radius 3 is 0.760 bits per heavy atom. The van der Waals surface area contributed by atoms with Crippen LogP contribution in [0.1, 0.15) is 323 Å². The summed E-state index contributed by atoms with van der Waals surface area (Å²) in [6.07, 6.45) is 63.7. The first-order chi connectivity index (χ1) is 47.5. The molecule has 0 aliphatic rings. The van der Waals surface area contributed by atoms with Crippen LogP contribution in [-0.4, -0.2) is 46.4 Å². The molecule has 0 N–H and O–H groups in total. The first kappa shape index (κ1) is 77.5. The lowest BCUT2D eigenvalue weighted by Gasteiger charge is -2.14. The summed E-state index contributed by atoms with van der Waals surface area (Å²) in [4.78, 5) is 18.9. The minimum absolute atomic E-state index is 0.591. The lowest BCUT2D eigenvalue weighted by Crippen LogP contribution is -2.03. The molecule has 0 radical (unpaired) electrons. The van der Waals surface area contributed by atoms with Gasteiger partial charge in [0.25, 0.3) is 0 Å². The average Bonchev–Trinajstić information content (AvgIpc) is 0.874. The Balaban J connectivity index is 1.17. The predicted molar refractivity (Wildman–Crippen MR) is 403 cm³/mol. The van der Waals surface area contributed by atoms with E-state index in [0.29, 0.717) is 55.0 Å². The van der Waals surface area contributed by atoms with Gasteiger partial charge in [0.05, 0.1) is 71.5 Å². The van der Waals surface area contributed by atoms with Crippen LogP contribution in [0.2, 0.25) is 0 Å². The van der Waals surface area contributed by atoms with Crippen LogP contribution in [0.4, 0.5) is 0 Å². The molecule has 0 atom stereocenters. The summed E-state index contributed by atoms with van der Waals surface area (Å²) >= 11 is 0. The Morgan fingerprint density at radius 1 is 0.271 bits per heavy atom. The van der Waals surface area contributed by atoms with Gasteiger partial charge in [-0.25, -0.2) is 0 Å². The van der Waals surface area contributed by atoms with E-state index < -0.39 is 0 Å². The molecule has 0 aliphatic heterocycles. The van der Waals surface area contributed by atoms with Gasteiger partial charge in [-0.3, -0.25) is 19.9 Å². The quantitative estimate of drug-likeness (QED) is 0.0276. The standard InChI is InChI=1S/C88H118N4O4/c1-6-11-15-19-23-27-31-35-39-45-63-93-85-68-78(86(67-77(85)10-5)94-64-46-40-36-32-28-24-20-16-12-7-2)56-50-75-54-60-83(91-72-75)84-61-55-76(73-92-84)52-58-80-70-87(95-65-47-41-37-33-29-25-21-17-13-8-3)79(57-51-74-53-59-82(90-71-74)81-49-43-44-62-89-81)69-88(80)96-66-48-42-38-34-30-26-22-18-14-9-4/h5,43-44,49,53-55,59-62,67-73H,6-9,11-42,45-48,63-66H2,1-4H3. The van der Waals surface area contributed by atoms with Gasteiger partial charge in [-0.2, -0.15) is 0 Å². The molecule has 4 heterocycles. The number of hydrogen-bond acceptors (Lipinski definition) is 8. The molecule has 6 rings (SSSR count). The first-order valence-corrected chi connectivity index (χ1v) is 38.2. The monoisotopic (exact) mass is 1290 g/mol. The van der Waals surface area contributed by atoms with E-state index in [-0.39, 0.29) is 0 Å². The van der Waals surface area contributed by atoms with Gasteiger partial charge >= 0.3 is 0 Å². The second kappa shape index (κ2) is 50.8. The Morgan fingerprint density at radius 2 is 0.521 bits per heavy atom. The molecular weight excluding hydrogens is 1180 g/mol. The largest absolute Gasteiger partial charge is 0.492 e. The number of terminal acetylenes is 1. The fourth-order valence-electron chi connectivity index (χ4n) is 11.9. The van der Waals surface area contributed by atoms with E-state index >= 15 is 0 Å². The molecule has 2 aromatic carbocycles. The highest BCUT2D eigenvalue weighted by molar-refractivity contribution is 5.63. The molecule has 0 saturated carbocycles. The van der Waals surface area contributed by atoms with E-state index in [1.165, 1.54) is 205 Å². The van der Waals surface area contributed by atoms with Crippen molar-refractivity contribution in [2.24, 2.45) is 0 Å². The highest BCUT2D eigenvalue weighted by atomic mass is 16.5. The van der Waals surface area contributed by atoms with Gasteiger partial charge in [-0.1, -0.05) is 306 Å². The third-order valence-corrected chi connectivity index (χ3v) is 17.8. The molecule has 0 fully saturated rings. The van der Waals surface area contributed by atoms with Crippen LogP contribution in [0.3, 0.4) is 0 Å². The molecule has 0 bridgehead atoms. The first-order valence-electron chi connectivity index (χ1n) is 38.2. The summed E-state index contributed by atoms with van der Waals surface area (Å²) in [6.45, 7) is 11.5. The number of hydrogen-bond donors (Lipinski definition) is 0. The summed E-state index contributed by atoms with van der Waals surface area (Å²) in [5, 5.41) is 0. The smallest absolute Gasteiger partial charge is 0.136 e. The summed E-state index contributed by atoms with van der Waals surface area (Å²) in [5.74, 6) is 26.1. The van der Waals surface area contributed by atoms with Crippen molar-refractivity contribution < 1.29 is 18.9 Å². The van der Waals surface area contributed by atoms with Crippen molar-refractivity contribution in [3.05, 3.63) is 143 Å². The fourth-order valence-corrected chi connectivity index (χ4v) is 11.9. The third-order valence-electron chi connectivity index (χ3n) is 17.8. The number of unbranched alkanes of at least 4 members (excludes halogenated alkanes) is 36. The molecule has 0 aliphatic carbocycles. The van der Waals surface area contributed by atoms with Gasteiger partial charge < -0.3 is 18.9 Å². The van der Waals surface area contributed by atoms with Gasteiger partial charge in [-0.15, -0.1) is 6.42 Å². The molecule has 0 saturated heterocycles. The Bertz CT molecular complexity index is 3260. The van der Waals surface area contributed by atoms with Crippen molar-refractivity contribution in [1.29, 1.82) is 0 Å². The van der Waals surface area contributed by atoms with E-state index in [2.05, 4.69) is 74.1 Å². The lowest BCUT2D eigenvalue weighted by atomic mass is 10.1. The number of benzene rings is 2. The molecule has 514 valence electrons. The molecule has 8 nitrogen and oxygen atoms in total. The predicted octanol–water partition coefficient (Wildman–Crippen LogP) is 24.0. The molecule has 0 unspecified atom stereocenters. The Kier molecular flexibility index (Phi) is 41.0. The minimum Gasteiger partial charge on any atom is -0.492 e. The summed E-state index contributed by atoms with van der Waals surface area (Å²) in [6, 6.07) is 25.7. The molecule has 0 spiro atoms. The van der Waals surface area contributed by atoms with Crippen LogP contribution >= 0.6 is 0 Å². The normalized spacial score (nSPS) is 10.8. The van der Waals surface area contributed by atoms with E-state index in [4.69, 9.17) is 40.3 Å². The number of nitrogens with zero attached hydrogens (tertiary/aromatic N) is 4. The summed E-state index contributed by atoms with van der Waals surface area (Å²) in [7, 11) is 0. The van der Waals surface area contributed by atoms with E-state index in [9.17, 15) is 0 Å². The van der Waals surface area contributed by atoms with Crippen LogP contribution < -0.4 is 18.9 Å². The maximum absolute atomic E-state index is 6.66. The van der Waals surface area contributed by atoms with Crippen LogP contribution in [0.15, 0.2) is 104 Å². The van der Waals surface area contributed by atoms with Gasteiger partial charge in [-0.05, 0) is 74.2 Å². The van der Waals surface area contributed by atoms with Crippen LogP contribution in [-0.2, 0) is 0 Å². The maximum Gasteiger partial charge on any atom is 0.136 e. The molecule has 4 aromatic heterocycles. The van der Waals surface area contributed by atoms with Crippen molar-refractivity contribution in [1.82, 2.24) is 19.9 Å². The average molecular weight is 1300 g/mol. The second-order valence-electron chi connectivity index (χ2n) is 26.2. The Labute approximate surface area is 582 Å². The van der Waals surface area contributed by atoms with Crippen molar-refractivity contribution in [3.63, 3.8) is 0 Å². The van der Waals surface area contributed by atoms with E-state index in [1.807, 2.05) is 91.3 Å². The van der Waals surface area contributed by atoms with Crippen molar-refractivity contribution in [3.8, 4) is 93.6 Å². The minimum atomic E-state index is 0.591. The fraction of sp³-hybridized carbons (Fsp3) is 0.545. The molecule has 96 heavy (non-hydrogen) atoms. The zero-order valence-corrected chi connectivity index (χ0v) is 59.9. The Hall–Kier alpha value is -7.52. The van der Waals surface area contributed by atoms with E-state index in [0.717, 1.165) is 108 Å².